The van der Waals surface area contributed by atoms with Crippen molar-refractivity contribution in [3.63, 3.8) is 0 Å². The smallest absolute Gasteiger partial charge is 0.250 e. The molecule has 0 N–H and O–H groups in total. The molecule has 5 heteroatoms. The number of hydrogen-bond donors (Lipinski definition) is 0. The van der Waals surface area contributed by atoms with E-state index in [1.54, 1.807) is 12.1 Å². The molecule has 0 aliphatic carbocycles. The van der Waals surface area contributed by atoms with Crippen LogP contribution in [-0.4, -0.2) is 10.1 Å². The Bertz CT molecular complexity index is 524. The molecule has 1 heterocycles. The van der Waals surface area contributed by atoms with Crippen molar-refractivity contribution in [2.45, 2.75) is 6.42 Å². The van der Waals surface area contributed by atoms with Gasteiger partial charge < -0.3 is 4.52 Å². The lowest BCUT2D eigenvalue weighted by molar-refractivity contribution is 0.404. The monoisotopic (exact) mass is 238 g/mol. The van der Waals surface area contributed by atoms with Crippen LogP contribution in [-0.2, 0) is 6.42 Å². The van der Waals surface area contributed by atoms with Gasteiger partial charge in [-0.25, -0.2) is 4.39 Å². The second kappa shape index (κ2) is 4.45. The van der Waals surface area contributed by atoms with E-state index in [4.69, 9.17) is 16.1 Å². The Hall–Kier alpha value is -1.68. The van der Waals surface area contributed by atoms with Crippen LogP contribution in [0.3, 0.4) is 0 Å². The number of rotatable bonds is 3. The van der Waals surface area contributed by atoms with Crippen molar-refractivity contribution < 1.29 is 8.91 Å². The molecule has 2 rings (SSSR count). The second-order valence-electron chi connectivity index (χ2n) is 3.14. The van der Waals surface area contributed by atoms with E-state index >= 15 is 0 Å². The van der Waals surface area contributed by atoms with Gasteiger partial charge in [0.2, 0.25) is 5.89 Å². The van der Waals surface area contributed by atoms with Gasteiger partial charge in [-0.15, -0.1) is 0 Å². The summed E-state index contributed by atoms with van der Waals surface area (Å²) in [6.07, 6.45) is 1.68. The normalized spacial score (nSPS) is 10.4. The fraction of sp³-hybridized carbons (Fsp3) is 0.0909. The molecule has 0 bridgehead atoms. The van der Waals surface area contributed by atoms with E-state index in [0.717, 1.165) is 0 Å². The van der Waals surface area contributed by atoms with E-state index in [1.165, 1.54) is 12.1 Å². The zero-order valence-corrected chi connectivity index (χ0v) is 9.04. The van der Waals surface area contributed by atoms with Crippen molar-refractivity contribution in [3.8, 4) is 0 Å². The lowest BCUT2D eigenvalue weighted by Crippen LogP contribution is -1.95. The first-order chi connectivity index (χ1) is 7.70. The molecule has 0 saturated heterocycles. The molecule has 0 aliphatic rings. The fourth-order valence-electron chi connectivity index (χ4n) is 1.28. The SMILES string of the molecule is C=Cc1nc(Cc2cccc(Cl)c2F)no1. The Morgan fingerprint density at radius 3 is 3.00 bits per heavy atom. The van der Waals surface area contributed by atoms with Gasteiger partial charge in [-0.1, -0.05) is 35.5 Å². The van der Waals surface area contributed by atoms with E-state index in [0.29, 0.717) is 17.3 Å². The third-order valence-electron chi connectivity index (χ3n) is 2.04. The first kappa shape index (κ1) is 10.8. The van der Waals surface area contributed by atoms with Gasteiger partial charge in [0.15, 0.2) is 5.82 Å². The molecular formula is C11H8ClFN2O. The maximum Gasteiger partial charge on any atom is 0.250 e. The van der Waals surface area contributed by atoms with Crippen LogP contribution < -0.4 is 0 Å². The minimum Gasteiger partial charge on any atom is -0.335 e. The Morgan fingerprint density at radius 1 is 1.50 bits per heavy atom. The molecule has 1 aromatic heterocycles. The molecule has 0 spiro atoms. The van der Waals surface area contributed by atoms with Crippen LogP contribution in [0.15, 0.2) is 29.3 Å². The zero-order valence-electron chi connectivity index (χ0n) is 8.28. The summed E-state index contributed by atoms with van der Waals surface area (Å²) < 4.78 is 18.4. The standard InChI is InChI=1S/C11H8ClFN2O/c1-2-10-14-9(15-16-10)6-7-4-3-5-8(12)11(7)13/h2-5H,1,6H2. The summed E-state index contributed by atoms with van der Waals surface area (Å²) in [7, 11) is 0. The zero-order chi connectivity index (χ0) is 11.5. The molecule has 82 valence electrons. The number of nitrogens with zero attached hydrogens (tertiary/aromatic N) is 2. The molecule has 0 unspecified atom stereocenters. The quantitative estimate of drug-likeness (QED) is 0.825. The molecule has 3 nitrogen and oxygen atoms in total. The lowest BCUT2D eigenvalue weighted by Gasteiger charge is -2.00. The van der Waals surface area contributed by atoms with Crippen LogP contribution in [0.1, 0.15) is 17.3 Å². The van der Waals surface area contributed by atoms with Gasteiger partial charge in [0.1, 0.15) is 5.82 Å². The molecule has 2 aromatic rings. The van der Waals surface area contributed by atoms with Crippen LogP contribution in [0, 0.1) is 5.82 Å². The largest absolute Gasteiger partial charge is 0.335 e. The van der Waals surface area contributed by atoms with Gasteiger partial charge in [0.05, 0.1) is 5.02 Å². The molecule has 1 aromatic carbocycles. The molecule has 0 atom stereocenters. The topological polar surface area (TPSA) is 38.9 Å². The predicted molar refractivity (Wildman–Crippen MR) is 58.6 cm³/mol. The van der Waals surface area contributed by atoms with Crippen LogP contribution in [0.2, 0.25) is 5.02 Å². The van der Waals surface area contributed by atoms with Crippen molar-refractivity contribution in [3.05, 3.63) is 52.9 Å². The summed E-state index contributed by atoms with van der Waals surface area (Å²) >= 11 is 5.66. The van der Waals surface area contributed by atoms with Crippen molar-refractivity contribution in [1.29, 1.82) is 0 Å². The summed E-state index contributed by atoms with van der Waals surface area (Å²) in [5.41, 5.74) is 0.434. The van der Waals surface area contributed by atoms with E-state index in [1.807, 2.05) is 0 Å². The van der Waals surface area contributed by atoms with Crippen molar-refractivity contribution in [1.82, 2.24) is 10.1 Å². The predicted octanol–water partition coefficient (Wildman–Crippen LogP) is 3.10. The average Bonchev–Trinajstić information content (AvgIpc) is 2.73. The minimum atomic E-state index is -0.450. The molecule has 0 radical (unpaired) electrons. The molecule has 0 aliphatic heterocycles. The maximum absolute atomic E-state index is 13.5. The van der Waals surface area contributed by atoms with Gasteiger partial charge in [0, 0.05) is 6.42 Å². The highest BCUT2D eigenvalue weighted by Gasteiger charge is 2.10. The molecular weight excluding hydrogens is 231 g/mol. The van der Waals surface area contributed by atoms with Crippen LogP contribution in [0.5, 0.6) is 0 Å². The summed E-state index contributed by atoms with van der Waals surface area (Å²) in [6, 6.07) is 4.80. The Balaban J connectivity index is 2.26. The first-order valence-electron chi connectivity index (χ1n) is 4.58. The Labute approximate surface area is 96.5 Å². The highest BCUT2D eigenvalue weighted by molar-refractivity contribution is 6.30. The summed E-state index contributed by atoms with van der Waals surface area (Å²) in [5, 5.41) is 3.77. The van der Waals surface area contributed by atoms with E-state index in [2.05, 4.69) is 16.7 Å². The number of benzene rings is 1. The van der Waals surface area contributed by atoms with Crippen molar-refractivity contribution in [2.75, 3.05) is 0 Å². The van der Waals surface area contributed by atoms with E-state index in [9.17, 15) is 4.39 Å². The Kier molecular flexibility index (Phi) is 3.01. The first-order valence-corrected chi connectivity index (χ1v) is 4.96. The molecule has 0 saturated carbocycles. The summed E-state index contributed by atoms with van der Waals surface area (Å²) in [6.45, 7) is 3.49. The summed E-state index contributed by atoms with van der Waals surface area (Å²) in [4.78, 5) is 3.99. The average molecular weight is 239 g/mol. The maximum atomic E-state index is 13.5. The van der Waals surface area contributed by atoms with Crippen LogP contribution >= 0.6 is 11.6 Å². The highest BCUT2D eigenvalue weighted by atomic mass is 35.5. The van der Waals surface area contributed by atoms with E-state index in [-0.39, 0.29) is 11.4 Å². The van der Waals surface area contributed by atoms with Crippen LogP contribution in [0.25, 0.3) is 6.08 Å². The van der Waals surface area contributed by atoms with Crippen LogP contribution in [0.4, 0.5) is 4.39 Å². The number of hydrogen-bond acceptors (Lipinski definition) is 3. The molecule has 0 fully saturated rings. The highest BCUT2D eigenvalue weighted by Crippen LogP contribution is 2.19. The molecule has 16 heavy (non-hydrogen) atoms. The minimum absolute atomic E-state index is 0.0879. The third-order valence-corrected chi connectivity index (χ3v) is 2.33. The molecule has 0 amide bonds. The number of halogens is 2. The lowest BCUT2D eigenvalue weighted by atomic mass is 10.1. The van der Waals surface area contributed by atoms with Gasteiger partial charge >= 0.3 is 0 Å². The second-order valence-corrected chi connectivity index (χ2v) is 3.55. The Morgan fingerprint density at radius 2 is 2.31 bits per heavy atom. The van der Waals surface area contributed by atoms with Gasteiger partial charge in [0.25, 0.3) is 0 Å². The van der Waals surface area contributed by atoms with Gasteiger partial charge in [-0.3, -0.25) is 0 Å². The summed E-state index contributed by atoms with van der Waals surface area (Å²) in [5.74, 6) is 0.266. The fourth-order valence-corrected chi connectivity index (χ4v) is 1.47. The third kappa shape index (κ3) is 2.12. The van der Waals surface area contributed by atoms with Gasteiger partial charge in [-0.2, -0.15) is 4.98 Å². The van der Waals surface area contributed by atoms with E-state index < -0.39 is 5.82 Å². The van der Waals surface area contributed by atoms with Crippen molar-refractivity contribution in [2.24, 2.45) is 0 Å². The van der Waals surface area contributed by atoms with Crippen molar-refractivity contribution >= 4 is 17.7 Å². The number of aromatic nitrogens is 2. The van der Waals surface area contributed by atoms with Gasteiger partial charge in [-0.05, 0) is 17.7 Å².